The van der Waals surface area contributed by atoms with Crippen LogP contribution in [0.1, 0.15) is 13.8 Å². The Balaban J connectivity index is 5.85. The molecule has 5 heteroatoms. The predicted octanol–water partition coefficient (Wildman–Crippen LogP) is 1.62. The quantitative estimate of drug-likeness (QED) is 0.497. The molecule has 0 atom stereocenters. The van der Waals surface area contributed by atoms with E-state index in [2.05, 4.69) is 19.7 Å². The van der Waals surface area contributed by atoms with E-state index in [9.17, 15) is 14.4 Å². The molecular weight excluding hydrogens is 256 g/mol. The van der Waals surface area contributed by atoms with E-state index in [4.69, 9.17) is 3.32 Å². The molecule has 0 radical (unpaired) electrons. The van der Waals surface area contributed by atoms with Crippen molar-refractivity contribution >= 4 is 12.3 Å². The molecule has 92 valence electrons. The van der Waals surface area contributed by atoms with Gasteiger partial charge in [0.15, 0.2) is 0 Å². The van der Waals surface area contributed by atoms with Crippen molar-refractivity contribution in [3.05, 3.63) is 38.0 Å². The average molecular weight is 272 g/mol. The first-order valence-electron chi connectivity index (χ1n) is 5.05. The maximum absolute atomic E-state index is 11.9. The summed E-state index contributed by atoms with van der Waals surface area (Å²) in [7, 11) is 0. The molecule has 17 heavy (non-hydrogen) atoms. The van der Waals surface area contributed by atoms with E-state index >= 15 is 0 Å². The van der Waals surface area contributed by atoms with Crippen LogP contribution in [0.3, 0.4) is 0 Å². The fourth-order valence-corrected chi connectivity index (χ4v) is 5.46. The normalized spacial score (nSPS) is 10.8. The van der Waals surface area contributed by atoms with Crippen LogP contribution in [0.25, 0.3) is 0 Å². The number of carbonyl (C=O) groups excluding carboxylic acids is 3. The second-order valence-corrected chi connectivity index (χ2v) is 8.36. The van der Waals surface area contributed by atoms with Crippen LogP contribution in [0, 0.1) is 0 Å². The topological polar surface area (TPSA) is 60.4 Å². The SMILES string of the molecule is C=C[C](=O)[Ti]([O]C(C)C)([C](=O)C=C)[C](=O)C=C. The third kappa shape index (κ3) is 3.19. The van der Waals surface area contributed by atoms with Gasteiger partial charge in [0.05, 0.1) is 0 Å². The predicted molar refractivity (Wildman–Crippen MR) is 61.8 cm³/mol. The van der Waals surface area contributed by atoms with Crippen LogP contribution in [0.4, 0.5) is 0 Å². The van der Waals surface area contributed by atoms with Gasteiger partial charge in [0.2, 0.25) is 0 Å². The summed E-state index contributed by atoms with van der Waals surface area (Å²) in [4.78, 5) is 35.6. The second kappa shape index (κ2) is 6.59. The van der Waals surface area contributed by atoms with Gasteiger partial charge < -0.3 is 0 Å². The minimum atomic E-state index is -4.54. The van der Waals surface area contributed by atoms with E-state index in [1.165, 1.54) is 0 Å². The second-order valence-electron chi connectivity index (χ2n) is 3.55. The molecule has 4 nitrogen and oxygen atoms in total. The minimum absolute atomic E-state index is 0.410. The van der Waals surface area contributed by atoms with Crippen molar-refractivity contribution in [2.45, 2.75) is 20.0 Å². The van der Waals surface area contributed by atoms with Gasteiger partial charge in [0.1, 0.15) is 0 Å². The van der Waals surface area contributed by atoms with E-state index in [1.807, 2.05) is 0 Å². The number of rotatable bonds is 8. The number of carbonyl (C=O) groups is 3. The third-order valence-electron chi connectivity index (χ3n) is 2.01. The summed E-state index contributed by atoms with van der Waals surface area (Å²) in [6.07, 6.45) is 2.48. The summed E-state index contributed by atoms with van der Waals surface area (Å²) >= 11 is -4.54. The molecule has 0 aliphatic carbocycles. The Bertz CT molecular complexity index is 332. The van der Waals surface area contributed by atoms with Crippen LogP contribution in [-0.4, -0.2) is 18.4 Å². The summed E-state index contributed by atoms with van der Waals surface area (Å²) in [6.45, 7) is 13.2. The molecule has 0 aliphatic heterocycles. The molecular formula is C12H16O4Ti. The van der Waals surface area contributed by atoms with Crippen molar-refractivity contribution in [1.82, 2.24) is 0 Å². The Morgan fingerprint density at radius 3 is 1.41 bits per heavy atom. The van der Waals surface area contributed by atoms with Crippen molar-refractivity contribution in [2.75, 3.05) is 0 Å². The summed E-state index contributed by atoms with van der Waals surface area (Å²) in [5.41, 5.74) is 0. The first-order valence-corrected chi connectivity index (χ1v) is 8.03. The molecule has 0 heterocycles. The van der Waals surface area contributed by atoms with Crippen LogP contribution in [-0.2, 0) is 34.7 Å². The summed E-state index contributed by atoms with van der Waals surface area (Å²) in [6, 6.07) is 0. The van der Waals surface area contributed by atoms with E-state index in [-0.39, 0.29) is 0 Å². The van der Waals surface area contributed by atoms with Crippen molar-refractivity contribution in [2.24, 2.45) is 0 Å². The van der Waals surface area contributed by atoms with Crippen LogP contribution < -0.4 is 0 Å². The average Bonchev–Trinajstić information content (AvgIpc) is 2.32. The van der Waals surface area contributed by atoms with Crippen LogP contribution in [0.2, 0.25) is 0 Å². The molecule has 0 amide bonds. The Labute approximate surface area is 105 Å². The fourth-order valence-electron chi connectivity index (χ4n) is 1.32. The van der Waals surface area contributed by atoms with Gasteiger partial charge in [0, 0.05) is 0 Å². The van der Waals surface area contributed by atoms with E-state index < -0.39 is 35.3 Å². The summed E-state index contributed by atoms with van der Waals surface area (Å²) in [5.74, 6) is 0. The van der Waals surface area contributed by atoms with Gasteiger partial charge in [0.25, 0.3) is 0 Å². The van der Waals surface area contributed by atoms with E-state index in [1.54, 1.807) is 13.8 Å². The number of hydrogen-bond acceptors (Lipinski definition) is 4. The molecule has 0 bridgehead atoms. The first kappa shape index (κ1) is 15.9. The molecule has 0 aromatic carbocycles. The van der Waals surface area contributed by atoms with Gasteiger partial charge >= 0.3 is 105 Å². The van der Waals surface area contributed by atoms with Gasteiger partial charge in [-0.2, -0.15) is 0 Å². The Hall–Kier alpha value is -1.10. The molecule has 0 aliphatic rings. The molecule has 0 rings (SSSR count). The van der Waals surface area contributed by atoms with Gasteiger partial charge in [-0.1, -0.05) is 0 Å². The molecule has 0 aromatic heterocycles. The number of allylic oxidation sites excluding steroid dienone is 3. The van der Waals surface area contributed by atoms with Crippen molar-refractivity contribution in [1.29, 1.82) is 0 Å². The summed E-state index contributed by atoms with van der Waals surface area (Å²) < 4.78 is 3.53. The van der Waals surface area contributed by atoms with Crippen LogP contribution in [0.5, 0.6) is 0 Å². The van der Waals surface area contributed by atoms with Crippen molar-refractivity contribution < 1.29 is 34.7 Å². The third-order valence-corrected chi connectivity index (χ3v) is 7.51. The standard InChI is InChI=1S/C3H7O.3C3H3O.Ti/c1-3(2)4;3*1-2-3-4;/h3H,1-2H3;3*2H,1H2;/q-1;;;;+1. The number of hydrogen-bond donors (Lipinski definition) is 0. The van der Waals surface area contributed by atoms with Crippen LogP contribution in [0.15, 0.2) is 38.0 Å². The molecule has 0 saturated carbocycles. The zero-order valence-electron chi connectivity index (χ0n) is 10.1. The molecule has 0 unspecified atom stereocenters. The zero-order chi connectivity index (χ0) is 13.6. The fraction of sp³-hybridized carbons (Fsp3) is 0.250. The van der Waals surface area contributed by atoms with Crippen molar-refractivity contribution in [3.63, 3.8) is 0 Å². The van der Waals surface area contributed by atoms with Crippen LogP contribution >= 0.6 is 0 Å². The summed E-state index contributed by atoms with van der Waals surface area (Å²) in [5, 5.41) is 0. The van der Waals surface area contributed by atoms with Crippen molar-refractivity contribution in [3.8, 4) is 0 Å². The molecule has 0 fully saturated rings. The van der Waals surface area contributed by atoms with Gasteiger partial charge in [-0.25, -0.2) is 0 Å². The van der Waals surface area contributed by atoms with Gasteiger partial charge in [-0.05, 0) is 0 Å². The van der Waals surface area contributed by atoms with E-state index in [0.29, 0.717) is 0 Å². The monoisotopic (exact) mass is 272 g/mol. The molecule has 0 aromatic rings. The Morgan fingerprint density at radius 2 is 1.24 bits per heavy atom. The molecule has 0 N–H and O–H groups in total. The molecule has 0 spiro atoms. The van der Waals surface area contributed by atoms with Gasteiger partial charge in [-0.3, -0.25) is 0 Å². The van der Waals surface area contributed by atoms with E-state index in [0.717, 1.165) is 18.2 Å². The Kier molecular flexibility index (Phi) is 6.17. The zero-order valence-corrected chi connectivity index (χ0v) is 11.6. The first-order chi connectivity index (χ1) is 7.86. The van der Waals surface area contributed by atoms with Gasteiger partial charge in [-0.15, -0.1) is 0 Å². The maximum atomic E-state index is 11.9. The Morgan fingerprint density at radius 1 is 0.941 bits per heavy atom. The molecule has 0 saturated heterocycles.